The molecule has 118 valence electrons. The van der Waals surface area contributed by atoms with Crippen LogP contribution in [0.5, 0.6) is 0 Å². The summed E-state index contributed by atoms with van der Waals surface area (Å²) in [6.07, 6.45) is 1.48. The first-order valence-electron chi connectivity index (χ1n) is 7.46. The molecule has 3 rings (SSSR count). The number of alkyl halides is 1. The molecule has 1 aromatic heterocycles. The highest BCUT2D eigenvalue weighted by Crippen LogP contribution is 2.32. The van der Waals surface area contributed by atoms with Gasteiger partial charge in [0.2, 0.25) is 0 Å². The van der Waals surface area contributed by atoms with Crippen molar-refractivity contribution in [1.82, 2.24) is 9.97 Å². The van der Waals surface area contributed by atoms with Gasteiger partial charge in [-0.3, -0.25) is 0 Å². The van der Waals surface area contributed by atoms with Gasteiger partial charge in [0, 0.05) is 0 Å². The highest BCUT2D eigenvalue weighted by Gasteiger charge is 2.16. The van der Waals surface area contributed by atoms with E-state index in [9.17, 15) is 0 Å². The Bertz CT molecular complexity index is 828. The van der Waals surface area contributed by atoms with Gasteiger partial charge in [0.1, 0.15) is 17.2 Å². The van der Waals surface area contributed by atoms with Crippen molar-refractivity contribution in [3.05, 3.63) is 65.1 Å². The lowest BCUT2D eigenvalue weighted by molar-refractivity contribution is 0.872. The minimum absolute atomic E-state index is 0.0481. The molecule has 1 heterocycles. The molecule has 0 aliphatic heterocycles. The van der Waals surface area contributed by atoms with Crippen LogP contribution in [0.3, 0.4) is 0 Å². The molecule has 3 nitrogen and oxygen atoms in total. The van der Waals surface area contributed by atoms with Gasteiger partial charge >= 0.3 is 0 Å². The van der Waals surface area contributed by atoms with E-state index in [1.54, 1.807) is 0 Å². The van der Waals surface area contributed by atoms with Crippen molar-refractivity contribution >= 4 is 39.8 Å². The van der Waals surface area contributed by atoms with Gasteiger partial charge in [0.05, 0.1) is 17.1 Å². The number of nitrogens with zero attached hydrogens (tertiary/aromatic N) is 2. The molecule has 0 aliphatic rings. The lowest BCUT2D eigenvalue weighted by Crippen LogP contribution is -2.10. The van der Waals surface area contributed by atoms with Crippen LogP contribution >= 0.6 is 23.2 Å². The number of fused-ring (bicyclic) bond motifs is 1. The summed E-state index contributed by atoms with van der Waals surface area (Å²) in [7, 11) is 0. The molecule has 2 aromatic carbocycles. The largest absolute Gasteiger partial charge is 0.362 e. The fourth-order valence-corrected chi connectivity index (χ4v) is 3.21. The SMILES string of the molecule is CC(Cl)c1ncnc(NC(C)c2cccc3ccccc23)c1Cl. The van der Waals surface area contributed by atoms with Gasteiger partial charge < -0.3 is 5.32 Å². The quantitative estimate of drug-likeness (QED) is 0.611. The van der Waals surface area contributed by atoms with Crippen LogP contribution in [0.4, 0.5) is 5.82 Å². The standard InChI is InChI=1S/C18H17Cl2N3/c1-11(19)17-16(20)18(22-10-21-17)23-12(2)14-9-5-7-13-6-3-4-8-15(13)14/h3-12H,1-2H3,(H,21,22,23). The summed E-state index contributed by atoms with van der Waals surface area (Å²) >= 11 is 12.5. The van der Waals surface area contributed by atoms with Crippen LogP contribution in [0.25, 0.3) is 10.8 Å². The van der Waals surface area contributed by atoms with Crippen LogP contribution in [0.2, 0.25) is 5.02 Å². The van der Waals surface area contributed by atoms with Gasteiger partial charge in [0.15, 0.2) is 0 Å². The predicted molar refractivity (Wildman–Crippen MR) is 97.3 cm³/mol. The van der Waals surface area contributed by atoms with Crippen LogP contribution in [0.15, 0.2) is 48.8 Å². The maximum Gasteiger partial charge on any atom is 0.149 e. The highest BCUT2D eigenvalue weighted by molar-refractivity contribution is 6.34. The van der Waals surface area contributed by atoms with Crippen molar-refractivity contribution in [3.8, 4) is 0 Å². The second-order valence-electron chi connectivity index (χ2n) is 5.47. The zero-order chi connectivity index (χ0) is 16.4. The summed E-state index contributed by atoms with van der Waals surface area (Å²) in [5.41, 5.74) is 1.83. The van der Waals surface area contributed by atoms with Gasteiger partial charge in [-0.1, -0.05) is 54.1 Å². The van der Waals surface area contributed by atoms with Crippen molar-refractivity contribution in [2.75, 3.05) is 5.32 Å². The van der Waals surface area contributed by atoms with Crippen LogP contribution in [-0.2, 0) is 0 Å². The Balaban J connectivity index is 1.96. The van der Waals surface area contributed by atoms with Gasteiger partial charge in [-0.15, -0.1) is 11.6 Å². The zero-order valence-electron chi connectivity index (χ0n) is 12.9. The van der Waals surface area contributed by atoms with Gasteiger partial charge in [-0.25, -0.2) is 9.97 Å². The molecular formula is C18H17Cl2N3. The third-order valence-electron chi connectivity index (χ3n) is 3.84. The number of aromatic nitrogens is 2. The van der Waals surface area contributed by atoms with Crippen LogP contribution in [-0.4, -0.2) is 9.97 Å². The van der Waals surface area contributed by atoms with Crippen molar-refractivity contribution in [1.29, 1.82) is 0 Å². The summed E-state index contributed by atoms with van der Waals surface area (Å²) in [6.45, 7) is 3.93. The van der Waals surface area contributed by atoms with Gasteiger partial charge in [-0.2, -0.15) is 0 Å². The average Bonchev–Trinajstić information content (AvgIpc) is 2.56. The first kappa shape index (κ1) is 16.0. The molecule has 0 bridgehead atoms. The Hall–Kier alpha value is -1.84. The van der Waals surface area contributed by atoms with Crippen LogP contribution in [0.1, 0.15) is 36.5 Å². The van der Waals surface area contributed by atoms with Gasteiger partial charge in [-0.05, 0) is 30.2 Å². The van der Waals surface area contributed by atoms with Crippen molar-refractivity contribution in [3.63, 3.8) is 0 Å². The Morgan fingerprint density at radius 1 is 1.00 bits per heavy atom. The zero-order valence-corrected chi connectivity index (χ0v) is 14.4. The highest BCUT2D eigenvalue weighted by atomic mass is 35.5. The lowest BCUT2D eigenvalue weighted by atomic mass is 10.00. The third-order valence-corrected chi connectivity index (χ3v) is 4.42. The van der Waals surface area contributed by atoms with E-state index >= 15 is 0 Å². The summed E-state index contributed by atoms with van der Waals surface area (Å²) in [5.74, 6) is 0.601. The molecule has 23 heavy (non-hydrogen) atoms. The second kappa shape index (κ2) is 6.73. The Labute approximate surface area is 145 Å². The number of hydrogen-bond donors (Lipinski definition) is 1. The average molecular weight is 346 g/mol. The molecule has 1 N–H and O–H groups in total. The maximum atomic E-state index is 6.38. The van der Waals surface area contributed by atoms with E-state index in [-0.39, 0.29) is 11.4 Å². The van der Waals surface area contributed by atoms with Crippen molar-refractivity contribution in [2.24, 2.45) is 0 Å². The second-order valence-corrected chi connectivity index (χ2v) is 6.50. The van der Waals surface area contributed by atoms with E-state index < -0.39 is 0 Å². The topological polar surface area (TPSA) is 37.8 Å². The van der Waals surface area contributed by atoms with Crippen LogP contribution < -0.4 is 5.32 Å². The van der Waals surface area contributed by atoms with Crippen molar-refractivity contribution in [2.45, 2.75) is 25.3 Å². The third kappa shape index (κ3) is 3.26. The number of rotatable bonds is 4. The van der Waals surface area contributed by atoms with E-state index in [1.165, 1.54) is 22.7 Å². The van der Waals surface area contributed by atoms with E-state index in [0.29, 0.717) is 16.5 Å². The van der Waals surface area contributed by atoms with E-state index in [1.807, 2.05) is 19.1 Å². The fraction of sp³-hybridized carbons (Fsp3) is 0.222. The summed E-state index contributed by atoms with van der Waals surface area (Å²) in [5, 5.41) is 6.01. The minimum atomic E-state index is -0.265. The Kier molecular flexibility index (Phi) is 4.69. The molecule has 0 fully saturated rings. The number of benzene rings is 2. The maximum absolute atomic E-state index is 6.38. The monoisotopic (exact) mass is 345 g/mol. The van der Waals surface area contributed by atoms with E-state index in [0.717, 1.165) is 0 Å². The Morgan fingerprint density at radius 2 is 1.74 bits per heavy atom. The molecule has 0 saturated carbocycles. The fourth-order valence-electron chi connectivity index (χ4n) is 2.67. The predicted octanol–water partition coefficient (Wildman–Crippen LogP) is 5.76. The molecular weight excluding hydrogens is 329 g/mol. The molecule has 2 unspecified atom stereocenters. The number of anilines is 1. The first-order chi connectivity index (χ1) is 11.1. The summed E-state index contributed by atoms with van der Waals surface area (Å²) in [6, 6.07) is 14.6. The molecule has 0 aliphatic carbocycles. The normalized spacial score (nSPS) is 13.7. The molecule has 0 amide bonds. The first-order valence-corrected chi connectivity index (χ1v) is 8.28. The van der Waals surface area contributed by atoms with E-state index in [2.05, 4.69) is 52.5 Å². The number of nitrogens with one attached hydrogen (secondary N) is 1. The number of halogens is 2. The summed E-state index contributed by atoms with van der Waals surface area (Å²) < 4.78 is 0. The molecule has 3 aromatic rings. The lowest BCUT2D eigenvalue weighted by Gasteiger charge is -2.19. The molecule has 0 spiro atoms. The van der Waals surface area contributed by atoms with Crippen LogP contribution in [0, 0.1) is 0 Å². The smallest absolute Gasteiger partial charge is 0.149 e. The molecule has 0 radical (unpaired) electrons. The summed E-state index contributed by atoms with van der Waals surface area (Å²) in [4.78, 5) is 8.41. The van der Waals surface area contributed by atoms with E-state index in [4.69, 9.17) is 23.2 Å². The number of hydrogen-bond acceptors (Lipinski definition) is 3. The van der Waals surface area contributed by atoms with Gasteiger partial charge in [0.25, 0.3) is 0 Å². The molecule has 2 atom stereocenters. The minimum Gasteiger partial charge on any atom is -0.362 e. The molecule has 0 saturated heterocycles. The molecule has 5 heteroatoms. The Morgan fingerprint density at radius 3 is 2.52 bits per heavy atom. The van der Waals surface area contributed by atoms with Crippen molar-refractivity contribution < 1.29 is 0 Å².